The van der Waals surface area contributed by atoms with Crippen LogP contribution in [0, 0.1) is 0 Å². The van der Waals surface area contributed by atoms with Gasteiger partial charge in [-0.15, -0.1) is 0 Å². The van der Waals surface area contributed by atoms with Gasteiger partial charge in [-0.25, -0.2) is 14.8 Å². The Balaban J connectivity index is 2.92. The number of rotatable bonds is 2. The van der Waals surface area contributed by atoms with E-state index >= 15 is 0 Å². The Bertz CT molecular complexity index is 299. The van der Waals surface area contributed by atoms with E-state index in [1.54, 1.807) is 0 Å². The fraction of sp³-hybridized carbons (Fsp3) is 0.375. The molecule has 1 aromatic rings. The highest BCUT2D eigenvalue weighted by molar-refractivity contribution is 5.45. The van der Waals surface area contributed by atoms with Gasteiger partial charge in [0.2, 0.25) is 6.08 Å². The second-order valence-electron chi connectivity index (χ2n) is 2.66. The SMILES string of the molecule is CC(C)c1ncc(N=C=O)cn1. The van der Waals surface area contributed by atoms with Crippen molar-refractivity contribution in [2.75, 3.05) is 0 Å². The van der Waals surface area contributed by atoms with Gasteiger partial charge in [0.1, 0.15) is 11.5 Å². The van der Waals surface area contributed by atoms with Gasteiger partial charge in [-0.05, 0) is 0 Å². The first kappa shape index (κ1) is 8.56. The van der Waals surface area contributed by atoms with E-state index in [4.69, 9.17) is 0 Å². The van der Waals surface area contributed by atoms with Crippen molar-refractivity contribution in [2.45, 2.75) is 19.8 Å². The van der Waals surface area contributed by atoms with Crippen LogP contribution in [0.3, 0.4) is 0 Å². The molecule has 0 fully saturated rings. The lowest BCUT2D eigenvalue weighted by Gasteiger charge is -2.00. The molecule has 0 N–H and O–H groups in total. The molecule has 4 heteroatoms. The number of aromatic nitrogens is 2. The zero-order chi connectivity index (χ0) is 8.97. The van der Waals surface area contributed by atoms with E-state index in [2.05, 4.69) is 15.0 Å². The van der Waals surface area contributed by atoms with E-state index in [0.29, 0.717) is 11.6 Å². The average molecular weight is 163 g/mol. The van der Waals surface area contributed by atoms with Crippen molar-refractivity contribution < 1.29 is 4.79 Å². The number of hydrogen-bond donors (Lipinski definition) is 0. The first-order valence-corrected chi connectivity index (χ1v) is 3.64. The van der Waals surface area contributed by atoms with E-state index in [0.717, 1.165) is 5.82 Å². The molecule has 12 heavy (non-hydrogen) atoms. The van der Waals surface area contributed by atoms with Gasteiger partial charge in [0.15, 0.2) is 0 Å². The lowest BCUT2D eigenvalue weighted by Crippen LogP contribution is -1.94. The fourth-order valence-corrected chi connectivity index (χ4v) is 0.740. The van der Waals surface area contributed by atoms with Gasteiger partial charge in [-0.1, -0.05) is 13.8 Å². The Morgan fingerprint density at radius 1 is 1.42 bits per heavy atom. The Kier molecular flexibility index (Phi) is 2.66. The first-order chi connectivity index (χ1) is 5.74. The fourth-order valence-electron chi connectivity index (χ4n) is 0.740. The van der Waals surface area contributed by atoms with Crippen molar-refractivity contribution in [3.63, 3.8) is 0 Å². The van der Waals surface area contributed by atoms with Crippen LogP contribution in [-0.2, 0) is 4.79 Å². The highest BCUT2D eigenvalue weighted by Gasteiger charge is 2.00. The van der Waals surface area contributed by atoms with Gasteiger partial charge in [0, 0.05) is 5.92 Å². The van der Waals surface area contributed by atoms with Gasteiger partial charge < -0.3 is 0 Å². The largest absolute Gasteiger partial charge is 0.240 e. The number of carbonyl (C=O) groups excluding carboxylic acids is 1. The molecular weight excluding hydrogens is 154 g/mol. The van der Waals surface area contributed by atoms with Crippen LogP contribution in [0.15, 0.2) is 17.4 Å². The summed E-state index contributed by atoms with van der Waals surface area (Å²) in [5.41, 5.74) is 0.439. The molecule has 0 atom stereocenters. The van der Waals surface area contributed by atoms with Crippen molar-refractivity contribution in [1.29, 1.82) is 0 Å². The average Bonchev–Trinajstić information content (AvgIpc) is 2.06. The second-order valence-corrected chi connectivity index (χ2v) is 2.66. The topological polar surface area (TPSA) is 55.2 Å². The molecule has 0 amide bonds. The summed E-state index contributed by atoms with van der Waals surface area (Å²) in [5, 5.41) is 0. The zero-order valence-electron chi connectivity index (χ0n) is 6.98. The number of nitrogens with zero attached hydrogens (tertiary/aromatic N) is 3. The molecule has 0 bridgehead atoms. The van der Waals surface area contributed by atoms with E-state index in [1.807, 2.05) is 13.8 Å². The Morgan fingerprint density at radius 2 is 2.00 bits per heavy atom. The summed E-state index contributed by atoms with van der Waals surface area (Å²) >= 11 is 0. The summed E-state index contributed by atoms with van der Waals surface area (Å²) in [6.45, 7) is 4.00. The molecule has 0 aliphatic rings. The van der Waals surface area contributed by atoms with Crippen LogP contribution in [0.2, 0.25) is 0 Å². The molecule has 1 aromatic heterocycles. The minimum atomic E-state index is 0.291. The third-order valence-electron chi connectivity index (χ3n) is 1.35. The van der Waals surface area contributed by atoms with Crippen molar-refractivity contribution >= 4 is 11.8 Å². The Hall–Kier alpha value is -1.54. The minimum Gasteiger partial charge on any atom is -0.239 e. The number of aliphatic imine (C=N–C) groups is 1. The third kappa shape index (κ3) is 1.97. The molecule has 0 saturated heterocycles. The predicted octanol–water partition coefficient (Wildman–Crippen LogP) is 1.57. The molecule has 0 aliphatic heterocycles. The van der Waals surface area contributed by atoms with E-state index < -0.39 is 0 Å². The first-order valence-electron chi connectivity index (χ1n) is 3.64. The van der Waals surface area contributed by atoms with Crippen molar-refractivity contribution in [2.24, 2.45) is 4.99 Å². The monoisotopic (exact) mass is 163 g/mol. The maximum atomic E-state index is 9.85. The molecule has 0 saturated carbocycles. The molecule has 0 aromatic carbocycles. The minimum absolute atomic E-state index is 0.291. The summed E-state index contributed by atoms with van der Waals surface area (Å²) in [6.07, 6.45) is 4.44. The van der Waals surface area contributed by atoms with Gasteiger partial charge in [0.25, 0.3) is 0 Å². The normalized spacial score (nSPS) is 9.58. The molecule has 62 valence electrons. The van der Waals surface area contributed by atoms with Gasteiger partial charge in [-0.2, -0.15) is 4.99 Å². The van der Waals surface area contributed by atoms with E-state index in [-0.39, 0.29) is 0 Å². The van der Waals surface area contributed by atoms with Gasteiger partial charge in [-0.3, -0.25) is 0 Å². The molecule has 1 heterocycles. The van der Waals surface area contributed by atoms with Crippen molar-refractivity contribution in [3.8, 4) is 0 Å². The van der Waals surface area contributed by atoms with Crippen LogP contribution < -0.4 is 0 Å². The summed E-state index contributed by atoms with van der Waals surface area (Å²) in [6, 6.07) is 0. The van der Waals surface area contributed by atoms with Gasteiger partial charge >= 0.3 is 0 Å². The van der Waals surface area contributed by atoms with Crippen LogP contribution >= 0.6 is 0 Å². The molecule has 4 nitrogen and oxygen atoms in total. The number of isocyanates is 1. The maximum Gasteiger partial charge on any atom is 0.240 e. The van der Waals surface area contributed by atoms with Gasteiger partial charge in [0.05, 0.1) is 12.4 Å². The zero-order valence-corrected chi connectivity index (χ0v) is 6.98. The smallest absolute Gasteiger partial charge is 0.239 e. The van der Waals surface area contributed by atoms with Crippen molar-refractivity contribution in [1.82, 2.24) is 9.97 Å². The summed E-state index contributed by atoms with van der Waals surface area (Å²) in [7, 11) is 0. The summed E-state index contributed by atoms with van der Waals surface area (Å²) < 4.78 is 0. The number of hydrogen-bond acceptors (Lipinski definition) is 4. The van der Waals surface area contributed by atoms with Crippen LogP contribution in [0.4, 0.5) is 5.69 Å². The lowest BCUT2D eigenvalue weighted by molar-refractivity contribution is 0.565. The Labute approximate surface area is 70.4 Å². The molecule has 1 rings (SSSR count). The third-order valence-corrected chi connectivity index (χ3v) is 1.35. The van der Waals surface area contributed by atoms with E-state index in [9.17, 15) is 4.79 Å². The summed E-state index contributed by atoms with van der Waals surface area (Å²) in [5.74, 6) is 1.04. The van der Waals surface area contributed by atoms with E-state index in [1.165, 1.54) is 18.5 Å². The standard InChI is InChI=1S/C8H9N3O/c1-6(2)8-9-3-7(4-10-8)11-5-12/h3-4,6H,1-2H3. The maximum absolute atomic E-state index is 9.85. The quantitative estimate of drug-likeness (QED) is 0.491. The Morgan fingerprint density at radius 3 is 2.42 bits per heavy atom. The molecule has 0 unspecified atom stereocenters. The molecular formula is C8H9N3O. The predicted molar refractivity (Wildman–Crippen MR) is 43.9 cm³/mol. The summed E-state index contributed by atoms with van der Waals surface area (Å²) in [4.78, 5) is 21.2. The van der Waals surface area contributed by atoms with Crippen LogP contribution in [0.1, 0.15) is 25.6 Å². The van der Waals surface area contributed by atoms with Crippen LogP contribution in [-0.4, -0.2) is 16.0 Å². The molecule has 0 radical (unpaired) electrons. The van der Waals surface area contributed by atoms with Crippen molar-refractivity contribution in [3.05, 3.63) is 18.2 Å². The molecule has 0 spiro atoms. The lowest BCUT2D eigenvalue weighted by atomic mass is 10.2. The molecule has 0 aliphatic carbocycles. The van der Waals surface area contributed by atoms with Crippen LogP contribution in [0.25, 0.3) is 0 Å². The highest BCUT2D eigenvalue weighted by atomic mass is 16.1. The highest BCUT2D eigenvalue weighted by Crippen LogP contribution is 2.11. The van der Waals surface area contributed by atoms with Crippen LogP contribution in [0.5, 0.6) is 0 Å². The second kappa shape index (κ2) is 3.74.